The van der Waals surface area contributed by atoms with Crippen molar-refractivity contribution in [3.63, 3.8) is 0 Å². The van der Waals surface area contributed by atoms with Gasteiger partial charge >= 0.3 is 0 Å². The summed E-state index contributed by atoms with van der Waals surface area (Å²) >= 11 is 9.24. The molecule has 0 aliphatic carbocycles. The molecule has 0 unspecified atom stereocenters. The third-order valence-corrected chi connectivity index (χ3v) is 2.60. The van der Waals surface area contributed by atoms with Gasteiger partial charge in [0.1, 0.15) is 0 Å². The van der Waals surface area contributed by atoms with Gasteiger partial charge in [-0.3, -0.25) is 0 Å². The first kappa shape index (κ1) is 11.0. The fourth-order valence-electron chi connectivity index (χ4n) is 1.05. The van der Waals surface area contributed by atoms with Gasteiger partial charge in [-0.25, -0.2) is 0 Å². The summed E-state index contributed by atoms with van der Waals surface area (Å²) in [7, 11) is 3.17. The van der Waals surface area contributed by atoms with Crippen LogP contribution in [0.3, 0.4) is 0 Å². The largest absolute Gasteiger partial charge is 0.352 e. The fourth-order valence-corrected chi connectivity index (χ4v) is 1.66. The van der Waals surface area contributed by atoms with E-state index >= 15 is 0 Å². The zero-order valence-corrected chi connectivity index (χ0v) is 9.72. The van der Waals surface area contributed by atoms with E-state index in [-0.39, 0.29) is 6.29 Å². The average molecular weight is 266 g/mol. The third kappa shape index (κ3) is 2.68. The van der Waals surface area contributed by atoms with Gasteiger partial charge in [-0.1, -0.05) is 27.5 Å². The van der Waals surface area contributed by atoms with E-state index in [4.69, 9.17) is 21.1 Å². The second kappa shape index (κ2) is 4.96. The van der Waals surface area contributed by atoms with Gasteiger partial charge in [0.15, 0.2) is 6.29 Å². The molecule has 0 radical (unpaired) electrons. The van der Waals surface area contributed by atoms with E-state index in [2.05, 4.69) is 15.9 Å². The SMILES string of the molecule is COC(OC)c1cc(Cl)ccc1Br. The van der Waals surface area contributed by atoms with Crippen molar-refractivity contribution in [1.82, 2.24) is 0 Å². The van der Waals surface area contributed by atoms with Crippen molar-refractivity contribution in [1.29, 1.82) is 0 Å². The van der Waals surface area contributed by atoms with Crippen LogP contribution in [0.5, 0.6) is 0 Å². The van der Waals surface area contributed by atoms with Crippen LogP contribution in [-0.2, 0) is 9.47 Å². The highest BCUT2D eigenvalue weighted by Crippen LogP contribution is 2.28. The molecule has 4 heteroatoms. The fraction of sp³-hybridized carbons (Fsp3) is 0.333. The molecule has 0 amide bonds. The number of halogens is 2. The van der Waals surface area contributed by atoms with E-state index in [0.717, 1.165) is 10.0 Å². The molecule has 0 aromatic heterocycles. The number of hydrogen-bond donors (Lipinski definition) is 0. The molecule has 0 heterocycles. The molecule has 72 valence electrons. The van der Waals surface area contributed by atoms with Crippen molar-refractivity contribution in [2.75, 3.05) is 14.2 Å². The van der Waals surface area contributed by atoms with Crippen molar-refractivity contribution >= 4 is 27.5 Å². The summed E-state index contributed by atoms with van der Waals surface area (Å²) in [5.41, 5.74) is 0.887. The summed E-state index contributed by atoms with van der Waals surface area (Å²) in [6, 6.07) is 5.48. The van der Waals surface area contributed by atoms with Crippen molar-refractivity contribution in [2.24, 2.45) is 0 Å². The molecule has 0 fully saturated rings. The minimum Gasteiger partial charge on any atom is -0.352 e. The Labute approximate surface area is 90.9 Å². The van der Waals surface area contributed by atoms with E-state index in [9.17, 15) is 0 Å². The molecule has 1 aromatic rings. The van der Waals surface area contributed by atoms with Crippen LogP contribution in [-0.4, -0.2) is 14.2 Å². The molecule has 1 aromatic carbocycles. The zero-order chi connectivity index (χ0) is 9.84. The van der Waals surface area contributed by atoms with Gasteiger partial charge in [-0.05, 0) is 18.2 Å². The first-order valence-corrected chi connectivity index (χ1v) is 4.86. The molecule has 0 aliphatic rings. The summed E-state index contributed by atoms with van der Waals surface area (Å²) < 4.78 is 11.1. The van der Waals surface area contributed by atoms with E-state index in [1.807, 2.05) is 12.1 Å². The summed E-state index contributed by atoms with van der Waals surface area (Å²) in [5.74, 6) is 0. The van der Waals surface area contributed by atoms with Crippen molar-refractivity contribution in [2.45, 2.75) is 6.29 Å². The van der Waals surface area contributed by atoms with Crippen molar-refractivity contribution in [3.05, 3.63) is 33.3 Å². The lowest BCUT2D eigenvalue weighted by Gasteiger charge is -2.15. The maximum Gasteiger partial charge on any atom is 0.184 e. The molecule has 2 nitrogen and oxygen atoms in total. The molecule has 13 heavy (non-hydrogen) atoms. The summed E-state index contributed by atoms with van der Waals surface area (Å²) in [4.78, 5) is 0. The Kier molecular flexibility index (Phi) is 4.19. The van der Waals surface area contributed by atoms with Gasteiger partial charge in [0.2, 0.25) is 0 Å². The highest BCUT2D eigenvalue weighted by atomic mass is 79.9. The van der Waals surface area contributed by atoms with E-state index in [0.29, 0.717) is 5.02 Å². The minimum atomic E-state index is -0.381. The molecular formula is C9H10BrClO2. The Morgan fingerprint density at radius 3 is 2.46 bits per heavy atom. The lowest BCUT2D eigenvalue weighted by molar-refractivity contribution is -0.106. The molecule has 1 rings (SSSR count). The van der Waals surface area contributed by atoms with Gasteiger partial charge in [0.25, 0.3) is 0 Å². The van der Waals surface area contributed by atoms with Crippen LogP contribution in [0.25, 0.3) is 0 Å². The van der Waals surface area contributed by atoms with E-state index in [1.54, 1.807) is 20.3 Å². The van der Waals surface area contributed by atoms with Gasteiger partial charge in [0, 0.05) is 29.3 Å². The molecule has 0 spiro atoms. The van der Waals surface area contributed by atoms with Gasteiger partial charge < -0.3 is 9.47 Å². The topological polar surface area (TPSA) is 18.5 Å². The molecular weight excluding hydrogens is 255 g/mol. The van der Waals surface area contributed by atoms with Crippen LogP contribution in [0.2, 0.25) is 5.02 Å². The maximum absolute atomic E-state index is 5.84. The Bertz CT molecular complexity index is 287. The van der Waals surface area contributed by atoms with Crippen LogP contribution in [0.1, 0.15) is 11.9 Å². The minimum absolute atomic E-state index is 0.381. The number of benzene rings is 1. The summed E-state index contributed by atoms with van der Waals surface area (Å²) in [6.45, 7) is 0. The second-order valence-electron chi connectivity index (χ2n) is 2.47. The first-order valence-electron chi connectivity index (χ1n) is 3.69. The predicted molar refractivity (Wildman–Crippen MR) is 55.9 cm³/mol. The summed E-state index contributed by atoms with van der Waals surface area (Å²) in [6.07, 6.45) is -0.381. The van der Waals surface area contributed by atoms with E-state index in [1.165, 1.54) is 0 Å². The van der Waals surface area contributed by atoms with Crippen LogP contribution in [0.4, 0.5) is 0 Å². The number of methoxy groups -OCH3 is 2. The Morgan fingerprint density at radius 1 is 1.31 bits per heavy atom. The molecule has 0 saturated heterocycles. The van der Waals surface area contributed by atoms with Crippen LogP contribution < -0.4 is 0 Å². The van der Waals surface area contributed by atoms with Crippen LogP contribution in [0, 0.1) is 0 Å². The lowest BCUT2D eigenvalue weighted by atomic mass is 10.2. The van der Waals surface area contributed by atoms with Gasteiger partial charge in [0.05, 0.1) is 0 Å². The molecule has 0 saturated carbocycles. The normalized spacial score (nSPS) is 10.8. The maximum atomic E-state index is 5.84. The third-order valence-electron chi connectivity index (χ3n) is 1.64. The second-order valence-corrected chi connectivity index (χ2v) is 3.76. The Balaban J connectivity index is 3.03. The standard InChI is InChI=1S/C9H10BrClO2/c1-12-9(13-2)7-5-6(11)3-4-8(7)10/h3-5,9H,1-2H3. The lowest BCUT2D eigenvalue weighted by Crippen LogP contribution is -2.04. The molecule has 0 N–H and O–H groups in total. The van der Waals surface area contributed by atoms with Gasteiger partial charge in [-0.15, -0.1) is 0 Å². The molecule has 0 atom stereocenters. The quantitative estimate of drug-likeness (QED) is 0.780. The number of ether oxygens (including phenoxy) is 2. The van der Waals surface area contributed by atoms with E-state index < -0.39 is 0 Å². The number of hydrogen-bond acceptors (Lipinski definition) is 2. The van der Waals surface area contributed by atoms with Crippen LogP contribution in [0.15, 0.2) is 22.7 Å². The summed E-state index contributed by atoms with van der Waals surface area (Å²) in [5, 5.41) is 0.664. The highest BCUT2D eigenvalue weighted by molar-refractivity contribution is 9.10. The number of rotatable bonds is 3. The monoisotopic (exact) mass is 264 g/mol. The van der Waals surface area contributed by atoms with Crippen molar-refractivity contribution < 1.29 is 9.47 Å². The molecule has 0 aliphatic heterocycles. The highest BCUT2D eigenvalue weighted by Gasteiger charge is 2.12. The first-order chi connectivity index (χ1) is 6.19. The Hall–Kier alpha value is -0.0900. The molecule has 0 bridgehead atoms. The van der Waals surface area contributed by atoms with Crippen molar-refractivity contribution in [3.8, 4) is 0 Å². The van der Waals surface area contributed by atoms with Crippen LogP contribution >= 0.6 is 27.5 Å². The zero-order valence-electron chi connectivity index (χ0n) is 7.38. The average Bonchev–Trinajstić information content (AvgIpc) is 2.13. The predicted octanol–water partition coefficient (Wildman–Crippen LogP) is 3.39. The van der Waals surface area contributed by atoms with Gasteiger partial charge in [-0.2, -0.15) is 0 Å². The Morgan fingerprint density at radius 2 is 1.92 bits per heavy atom. The smallest absolute Gasteiger partial charge is 0.184 e.